The molecular weight excluding hydrogens is 255 g/mol. The van der Waals surface area contributed by atoms with E-state index in [1.807, 2.05) is 0 Å². The average Bonchev–Trinajstić information content (AvgIpc) is 2.09. The van der Waals surface area contributed by atoms with E-state index in [4.69, 9.17) is 16.3 Å². The second-order valence-corrected chi connectivity index (χ2v) is 3.67. The maximum absolute atomic E-state index is 10.0. The number of carbonyl (C=O) groups is 1. The maximum Gasteiger partial charge on any atom is 0.133 e. The van der Waals surface area contributed by atoms with E-state index in [0.717, 1.165) is 10.8 Å². The molecule has 0 saturated carbocycles. The predicted octanol–water partition coefficient (Wildman–Crippen LogP) is 3.07. The molecule has 0 unspecified atom stereocenters. The zero-order chi connectivity index (χ0) is 9.68. The van der Waals surface area contributed by atoms with Crippen LogP contribution in [0.3, 0.4) is 0 Å². The molecule has 2 nitrogen and oxygen atoms in total. The van der Waals surface area contributed by atoms with Crippen molar-refractivity contribution in [2.24, 2.45) is 0 Å². The number of carbonyl (C=O) groups excluding carboxylic acids is 1. The van der Waals surface area contributed by atoms with Crippen molar-refractivity contribution >= 4 is 33.8 Å². The highest BCUT2D eigenvalue weighted by molar-refractivity contribution is 9.10. The largest absolute Gasteiger partial charge is 0.492 e. The van der Waals surface area contributed by atoms with Gasteiger partial charge in [-0.1, -0.05) is 11.6 Å². The SMILES string of the molecule is O=CCCOc1ccc(Cl)cc1Br. The van der Waals surface area contributed by atoms with E-state index in [1.54, 1.807) is 18.2 Å². The van der Waals surface area contributed by atoms with Gasteiger partial charge in [0.25, 0.3) is 0 Å². The van der Waals surface area contributed by atoms with Crippen LogP contribution >= 0.6 is 27.5 Å². The number of halogens is 2. The summed E-state index contributed by atoms with van der Waals surface area (Å²) < 4.78 is 6.09. The topological polar surface area (TPSA) is 26.3 Å². The number of aldehydes is 1. The summed E-state index contributed by atoms with van der Waals surface area (Å²) >= 11 is 9.04. The third-order valence-corrected chi connectivity index (χ3v) is 2.24. The molecule has 4 heteroatoms. The second-order valence-electron chi connectivity index (χ2n) is 2.38. The summed E-state index contributed by atoms with van der Waals surface area (Å²) in [6.45, 7) is 0.393. The summed E-state index contributed by atoms with van der Waals surface area (Å²) in [7, 11) is 0. The summed E-state index contributed by atoms with van der Waals surface area (Å²) in [5.74, 6) is 0.700. The first-order valence-corrected chi connectivity index (χ1v) is 4.92. The third kappa shape index (κ3) is 3.36. The Kier molecular flexibility index (Phi) is 4.25. The summed E-state index contributed by atoms with van der Waals surface area (Å²) in [4.78, 5) is 10.0. The summed E-state index contributed by atoms with van der Waals surface area (Å²) in [5, 5.41) is 0.648. The second kappa shape index (κ2) is 5.25. The van der Waals surface area contributed by atoms with Crippen molar-refractivity contribution in [1.82, 2.24) is 0 Å². The summed E-state index contributed by atoms with van der Waals surface area (Å²) in [6.07, 6.45) is 1.22. The van der Waals surface area contributed by atoms with E-state index < -0.39 is 0 Å². The van der Waals surface area contributed by atoms with Gasteiger partial charge >= 0.3 is 0 Å². The number of rotatable bonds is 4. The minimum atomic E-state index is 0.393. The molecule has 0 bridgehead atoms. The third-order valence-electron chi connectivity index (χ3n) is 1.39. The maximum atomic E-state index is 10.0. The number of hydrogen-bond acceptors (Lipinski definition) is 2. The van der Waals surface area contributed by atoms with Gasteiger partial charge < -0.3 is 9.53 Å². The molecule has 13 heavy (non-hydrogen) atoms. The van der Waals surface area contributed by atoms with Crippen molar-refractivity contribution in [2.45, 2.75) is 6.42 Å². The lowest BCUT2D eigenvalue weighted by molar-refractivity contribution is -0.108. The molecule has 0 N–H and O–H groups in total. The molecule has 0 spiro atoms. The molecule has 1 rings (SSSR count). The highest BCUT2D eigenvalue weighted by Gasteiger charge is 2.00. The summed E-state index contributed by atoms with van der Waals surface area (Å²) in [6, 6.07) is 5.25. The predicted molar refractivity (Wildman–Crippen MR) is 55.3 cm³/mol. The van der Waals surface area contributed by atoms with Crippen molar-refractivity contribution in [3.63, 3.8) is 0 Å². The molecule has 0 heterocycles. The zero-order valence-electron chi connectivity index (χ0n) is 6.80. The fourth-order valence-corrected chi connectivity index (χ4v) is 1.61. The molecule has 0 saturated heterocycles. The van der Waals surface area contributed by atoms with Gasteiger partial charge in [-0.15, -0.1) is 0 Å². The van der Waals surface area contributed by atoms with Gasteiger partial charge in [-0.05, 0) is 34.1 Å². The van der Waals surface area contributed by atoms with Crippen LogP contribution in [0.25, 0.3) is 0 Å². The van der Waals surface area contributed by atoms with E-state index in [9.17, 15) is 4.79 Å². The fraction of sp³-hybridized carbons (Fsp3) is 0.222. The van der Waals surface area contributed by atoms with Crippen LogP contribution in [-0.2, 0) is 4.79 Å². The normalized spacial score (nSPS) is 9.69. The molecule has 1 aromatic rings. The van der Waals surface area contributed by atoms with Gasteiger partial charge in [0.15, 0.2) is 0 Å². The quantitative estimate of drug-likeness (QED) is 0.616. The zero-order valence-corrected chi connectivity index (χ0v) is 9.14. The number of benzene rings is 1. The van der Waals surface area contributed by atoms with Gasteiger partial charge in [-0.25, -0.2) is 0 Å². The minimum absolute atomic E-state index is 0.393. The van der Waals surface area contributed by atoms with Crippen molar-refractivity contribution < 1.29 is 9.53 Å². The first kappa shape index (κ1) is 10.5. The van der Waals surface area contributed by atoms with E-state index in [-0.39, 0.29) is 0 Å². The van der Waals surface area contributed by atoms with Crippen LogP contribution in [0.15, 0.2) is 22.7 Å². The highest BCUT2D eigenvalue weighted by atomic mass is 79.9. The lowest BCUT2D eigenvalue weighted by Crippen LogP contribution is -1.97. The van der Waals surface area contributed by atoms with Gasteiger partial charge in [0, 0.05) is 11.4 Å². The molecule has 1 aromatic carbocycles. The Hall–Kier alpha value is -0.540. The molecule has 0 amide bonds. The highest BCUT2D eigenvalue weighted by Crippen LogP contribution is 2.27. The Morgan fingerprint density at radius 1 is 1.54 bits per heavy atom. The molecule has 0 radical (unpaired) electrons. The monoisotopic (exact) mass is 262 g/mol. The Balaban J connectivity index is 2.61. The Morgan fingerprint density at radius 3 is 2.92 bits per heavy atom. The molecule has 0 fully saturated rings. The standard InChI is InChI=1S/C9H8BrClO2/c10-8-6-7(11)2-3-9(8)13-5-1-4-12/h2-4,6H,1,5H2. The van der Waals surface area contributed by atoms with Crippen molar-refractivity contribution in [1.29, 1.82) is 0 Å². The molecule has 0 aliphatic carbocycles. The van der Waals surface area contributed by atoms with Crippen LogP contribution in [0.5, 0.6) is 5.75 Å². The Morgan fingerprint density at radius 2 is 2.31 bits per heavy atom. The molecule has 0 aromatic heterocycles. The van der Waals surface area contributed by atoms with Crippen molar-refractivity contribution in [2.75, 3.05) is 6.61 Å². The fourth-order valence-electron chi connectivity index (χ4n) is 0.809. The van der Waals surface area contributed by atoms with Crippen molar-refractivity contribution in [3.05, 3.63) is 27.7 Å². The molecule has 0 aliphatic heterocycles. The molecule has 0 atom stereocenters. The van der Waals surface area contributed by atoms with Gasteiger partial charge in [0.05, 0.1) is 11.1 Å². The summed E-state index contributed by atoms with van der Waals surface area (Å²) in [5.41, 5.74) is 0. The smallest absolute Gasteiger partial charge is 0.133 e. The number of hydrogen-bond donors (Lipinski definition) is 0. The van der Waals surface area contributed by atoms with E-state index in [2.05, 4.69) is 15.9 Å². The minimum Gasteiger partial charge on any atom is -0.492 e. The average molecular weight is 264 g/mol. The van der Waals surface area contributed by atoms with Gasteiger partial charge in [0.1, 0.15) is 12.0 Å². The first-order valence-electron chi connectivity index (χ1n) is 3.75. The lowest BCUT2D eigenvalue weighted by Gasteiger charge is -2.05. The van der Waals surface area contributed by atoms with E-state index in [0.29, 0.717) is 23.8 Å². The van der Waals surface area contributed by atoms with Crippen LogP contribution in [-0.4, -0.2) is 12.9 Å². The Labute approximate surface area is 90.0 Å². The number of ether oxygens (including phenoxy) is 1. The van der Waals surface area contributed by atoms with Crippen LogP contribution in [0.4, 0.5) is 0 Å². The molecule has 70 valence electrons. The molecular formula is C9H8BrClO2. The van der Waals surface area contributed by atoms with Gasteiger partial charge in [0.2, 0.25) is 0 Å². The first-order chi connectivity index (χ1) is 6.24. The van der Waals surface area contributed by atoms with Crippen LogP contribution in [0, 0.1) is 0 Å². The van der Waals surface area contributed by atoms with Crippen LogP contribution in [0.1, 0.15) is 6.42 Å². The Bertz CT molecular complexity index is 302. The van der Waals surface area contributed by atoms with Crippen LogP contribution < -0.4 is 4.74 Å². The van der Waals surface area contributed by atoms with Crippen molar-refractivity contribution in [3.8, 4) is 5.75 Å². The van der Waals surface area contributed by atoms with E-state index >= 15 is 0 Å². The van der Waals surface area contributed by atoms with Gasteiger partial charge in [-0.2, -0.15) is 0 Å². The van der Waals surface area contributed by atoms with Gasteiger partial charge in [-0.3, -0.25) is 0 Å². The lowest BCUT2D eigenvalue weighted by atomic mass is 10.3. The molecule has 0 aliphatic rings. The van der Waals surface area contributed by atoms with Crippen LogP contribution in [0.2, 0.25) is 5.02 Å². The van der Waals surface area contributed by atoms with E-state index in [1.165, 1.54) is 0 Å².